The molecule has 0 unspecified atom stereocenters. The van der Waals surface area contributed by atoms with Gasteiger partial charge >= 0.3 is 0 Å². The van der Waals surface area contributed by atoms with Crippen molar-refractivity contribution in [2.75, 3.05) is 13.2 Å². The maximum Gasteiger partial charge on any atom is 0.254 e. The van der Waals surface area contributed by atoms with Crippen LogP contribution in [0.25, 0.3) is 10.9 Å². The molecule has 1 aliphatic rings. The topological polar surface area (TPSA) is 56.3 Å². The van der Waals surface area contributed by atoms with Crippen LogP contribution in [0.5, 0.6) is 0 Å². The van der Waals surface area contributed by atoms with Crippen LogP contribution in [-0.4, -0.2) is 39.6 Å². The standard InChI is InChI=1S/C17H22N2O2/c1-2-7-17(12-20)8-3-10-19(17)16(21)14-5-4-13-6-9-18-15(13)11-14/h4-6,9,11,18,20H,2-3,7-8,10,12H2,1H3/t17-/m0/s1. The summed E-state index contributed by atoms with van der Waals surface area (Å²) in [5, 5.41) is 11.0. The van der Waals surface area contributed by atoms with E-state index in [1.165, 1.54) is 0 Å². The third-order valence-corrected chi connectivity index (χ3v) is 4.65. The largest absolute Gasteiger partial charge is 0.394 e. The molecule has 1 amide bonds. The van der Waals surface area contributed by atoms with Crippen molar-refractivity contribution in [1.82, 2.24) is 9.88 Å². The maximum absolute atomic E-state index is 12.9. The molecule has 0 bridgehead atoms. The molecule has 112 valence electrons. The van der Waals surface area contributed by atoms with Crippen LogP contribution in [0.1, 0.15) is 43.0 Å². The van der Waals surface area contributed by atoms with Gasteiger partial charge in [0.15, 0.2) is 0 Å². The van der Waals surface area contributed by atoms with Gasteiger partial charge < -0.3 is 15.0 Å². The van der Waals surface area contributed by atoms with Gasteiger partial charge in [0.25, 0.3) is 5.91 Å². The fourth-order valence-corrected chi connectivity index (χ4v) is 3.56. The van der Waals surface area contributed by atoms with E-state index in [0.29, 0.717) is 5.56 Å². The first-order valence-corrected chi connectivity index (χ1v) is 7.70. The summed E-state index contributed by atoms with van der Waals surface area (Å²) in [6, 6.07) is 7.75. The highest BCUT2D eigenvalue weighted by Gasteiger charge is 2.42. The molecule has 2 heterocycles. The molecular formula is C17H22N2O2. The number of benzene rings is 1. The van der Waals surface area contributed by atoms with E-state index in [2.05, 4.69) is 11.9 Å². The number of aliphatic hydroxyl groups is 1. The highest BCUT2D eigenvalue weighted by atomic mass is 16.3. The van der Waals surface area contributed by atoms with Gasteiger partial charge in [-0.2, -0.15) is 0 Å². The first-order valence-electron chi connectivity index (χ1n) is 7.70. The van der Waals surface area contributed by atoms with E-state index < -0.39 is 0 Å². The van der Waals surface area contributed by atoms with Crippen molar-refractivity contribution in [2.24, 2.45) is 0 Å². The monoisotopic (exact) mass is 286 g/mol. The van der Waals surface area contributed by atoms with E-state index in [0.717, 1.165) is 43.1 Å². The van der Waals surface area contributed by atoms with Crippen molar-refractivity contribution in [3.63, 3.8) is 0 Å². The third kappa shape index (κ3) is 2.33. The lowest BCUT2D eigenvalue weighted by Gasteiger charge is -2.37. The first kappa shape index (κ1) is 14.1. The van der Waals surface area contributed by atoms with E-state index in [-0.39, 0.29) is 18.1 Å². The Morgan fingerprint density at radius 2 is 2.29 bits per heavy atom. The number of carbonyl (C=O) groups is 1. The number of H-pyrrole nitrogens is 1. The SMILES string of the molecule is CCC[C@@]1(CO)CCCN1C(=O)c1ccc2cc[nH]c2c1. The zero-order valence-electron chi connectivity index (χ0n) is 12.4. The van der Waals surface area contributed by atoms with Crippen molar-refractivity contribution in [3.8, 4) is 0 Å². The Bertz CT molecular complexity index is 649. The van der Waals surface area contributed by atoms with Crippen LogP contribution >= 0.6 is 0 Å². The first-order chi connectivity index (χ1) is 10.2. The number of rotatable bonds is 4. The summed E-state index contributed by atoms with van der Waals surface area (Å²) in [4.78, 5) is 17.9. The maximum atomic E-state index is 12.9. The second-order valence-electron chi connectivity index (χ2n) is 5.97. The lowest BCUT2D eigenvalue weighted by molar-refractivity contribution is 0.0377. The van der Waals surface area contributed by atoms with Crippen molar-refractivity contribution >= 4 is 16.8 Å². The molecule has 0 saturated carbocycles. The van der Waals surface area contributed by atoms with Crippen LogP contribution in [0.3, 0.4) is 0 Å². The zero-order chi connectivity index (χ0) is 14.9. The summed E-state index contributed by atoms with van der Waals surface area (Å²) >= 11 is 0. The molecule has 1 aromatic heterocycles. The fourth-order valence-electron chi connectivity index (χ4n) is 3.56. The van der Waals surface area contributed by atoms with Crippen LogP contribution in [0, 0.1) is 0 Å². The van der Waals surface area contributed by atoms with Gasteiger partial charge in [-0.05, 0) is 42.8 Å². The molecule has 4 heteroatoms. The number of hydrogen-bond acceptors (Lipinski definition) is 2. The number of hydrogen-bond donors (Lipinski definition) is 2. The minimum Gasteiger partial charge on any atom is -0.394 e. The van der Waals surface area contributed by atoms with E-state index >= 15 is 0 Å². The summed E-state index contributed by atoms with van der Waals surface area (Å²) in [5.41, 5.74) is 1.31. The van der Waals surface area contributed by atoms with Gasteiger partial charge in [0, 0.05) is 23.8 Å². The molecule has 4 nitrogen and oxygen atoms in total. The van der Waals surface area contributed by atoms with E-state index in [1.807, 2.05) is 35.4 Å². The Balaban J connectivity index is 1.92. The number of aromatic amines is 1. The predicted octanol–water partition coefficient (Wildman–Crippen LogP) is 2.94. The van der Waals surface area contributed by atoms with Gasteiger partial charge in [0.2, 0.25) is 0 Å². The number of fused-ring (bicyclic) bond motifs is 1. The lowest BCUT2D eigenvalue weighted by atomic mass is 9.91. The van der Waals surface area contributed by atoms with Crippen molar-refractivity contribution in [1.29, 1.82) is 0 Å². The minimum atomic E-state index is -0.365. The number of carbonyl (C=O) groups excluding carboxylic acids is 1. The Morgan fingerprint density at radius 3 is 3.05 bits per heavy atom. The molecule has 2 aromatic rings. The second-order valence-corrected chi connectivity index (χ2v) is 5.97. The Labute approximate surface area is 124 Å². The normalized spacial score (nSPS) is 22.1. The average Bonchev–Trinajstić information content (AvgIpc) is 3.12. The van der Waals surface area contributed by atoms with Crippen LogP contribution in [0.4, 0.5) is 0 Å². The fraction of sp³-hybridized carbons (Fsp3) is 0.471. The predicted molar refractivity (Wildman–Crippen MR) is 83.3 cm³/mol. The average molecular weight is 286 g/mol. The molecule has 0 radical (unpaired) electrons. The summed E-state index contributed by atoms with van der Waals surface area (Å²) in [5.74, 6) is 0.0338. The summed E-state index contributed by atoms with van der Waals surface area (Å²) in [6.07, 6.45) is 5.58. The number of aromatic nitrogens is 1. The molecule has 1 aliphatic heterocycles. The highest BCUT2D eigenvalue weighted by molar-refractivity contribution is 5.98. The zero-order valence-corrected chi connectivity index (χ0v) is 12.4. The van der Waals surface area contributed by atoms with Crippen LogP contribution < -0.4 is 0 Å². The molecule has 2 N–H and O–H groups in total. The Hall–Kier alpha value is -1.81. The van der Waals surface area contributed by atoms with Crippen LogP contribution in [0.2, 0.25) is 0 Å². The van der Waals surface area contributed by atoms with Crippen LogP contribution in [0.15, 0.2) is 30.5 Å². The molecule has 0 aliphatic carbocycles. The Morgan fingerprint density at radius 1 is 1.43 bits per heavy atom. The smallest absolute Gasteiger partial charge is 0.254 e. The van der Waals surface area contributed by atoms with Gasteiger partial charge in [0.05, 0.1) is 12.1 Å². The minimum absolute atomic E-state index is 0.0338. The van der Waals surface area contributed by atoms with Gasteiger partial charge in [-0.3, -0.25) is 4.79 Å². The molecule has 3 rings (SSSR count). The van der Waals surface area contributed by atoms with Crippen molar-refractivity contribution < 1.29 is 9.90 Å². The Kier molecular flexibility index (Phi) is 3.72. The van der Waals surface area contributed by atoms with Crippen LogP contribution in [-0.2, 0) is 0 Å². The molecule has 1 saturated heterocycles. The highest BCUT2D eigenvalue weighted by Crippen LogP contribution is 2.34. The number of nitrogens with zero attached hydrogens (tertiary/aromatic N) is 1. The molecule has 0 spiro atoms. The number of amides is 1. The molecule has 21 heavy (non-hydrogen) atoms. The second kappa shape index (κ2) is 5.53. The van der Waals surface area contributed by atoms with Gasteiger partial charge in [-0.25, -0.2) is 0 Å². The molecular weight excluding hydrogens is 264 g/mol. The number of aliphatic hydroxyl groups excluding tert-OH is 1. The van der Waals surface area contributed by atoms with Gasteiger partial charge in [-0.15, -0.1) is 0 Å². The van der Waals surface area contributed by atoms with Crippen molar-refractivity contribution in [2.45, 2.75) is 38.1 Å². The van der Waals surface area contributed by atoms with Crippen molar-refractivity contribution in [3.05, 3.63) is 36.0 Å². The quantitative estimate of drug-likeness (QED) is 0.908. The van der Waals surface area contributed by atoms with E-state index in [4.69, 9.17) is 0 Å². The van der Waals surface area contributed by atoms with E-state index in [1.54, 1.807) is 0 Å². The van der Waals surface area contributed by atoms with Gasteiger partial charge in [0.1, 0.15) is 0 Å². The molecule has 1 aromatic carbocycles. The molecule has 1 fully saturated rings. The number of likely N-dealkylation sites (tertiary alicyclic amines) is 1. The summed E-state index contributed by atoms with van der Waals surface area (Å²) in [7, 11) is 0. The number of nitrogens with one attached hydrogen (secondary N) is 1. The summed E-state index contributed by atoms with van der Waals surface area (Å²) in [6.45, 7) is 2.89. The van der Waals surface area contributed by atoms with Gasteiger partial charge in [-0.1, -0.05) is 19.4 Å². The lowest BCUT2D eigenvalue weighted by Crippen LogP contribution is -2.50. The molecule has 1 atom stereocenters. The van der Waals surface area contributed by atoms with E-state index in [9.17, 15) is 9.90 Å². The third-order valence-electron chi connectivity index (χ3n) is 4.65. The summed E-state index contributed by atoms with van der Waals surface area (Å²) < 4.78 is 0.